The van der Waals surface area contributed by atoms with Gasteiger partial charge in [-0.2, -0.15) is 13.2 Å². The Labute approximate surface area is 188 Å². The molecule has 1 aromatic carbocycles. The van der Waals surface area contributed by atoms with Crippen LogP contribution in [0.2, 0.25) is 0 Å². The number of H-pyrrole nitrogens is 1. The average Bonchev–Trinajstić information content (AvgIpc) is 3.23. The summed E-state index contributed by atoms with van der Waals surface area (Å²) in [6, 6.07) is 7.16. The topological polar surface area (TPSA) is 91.3 Å². The fourth-order valence-corrected chi connectivity index (χ4v) is 3.98. The number of aliphatic carboxylic acids is 1. The predicted octanol–water partition coefficient (Wildman–Crippen LogP) is 4.74. The molecule has 2 aromatic heterocycles. The zero-order chi connectivity index (χ0) is 23.6. The Balaban J connectivity index is 1.37. The molecule has 10 heteroatoms. The molecule has 3 heterocycles. The molecule has 0 aliphatic carbocycles. The van der Waals surface area contributed by atoms with Crippen molar-refractivity contribution < 1.29 is 27.8 Å². The number of alkyl halides is 3. The quantitative estimate of drug-likeness (QED) is 0.527. The van der Waals surface area contributed by atoms with Gasteiger partial charge in [-0.05, 0) is 55.5 Å². The van der Waals surface area contributed by atoms with Crippen LogP contribution in [0.25, 0.3) is 22.4 Å². The van der Waals surface area contributed by atoms with Crippen molar-refractivity contribution in [3.63, 3.8) is 0 Å². The highest BCUT2D eigenvalue weighted by Gasteiger charge is 2.31. The van der Waals surface area contributed by atoms with E-state index in [1.54, 1.807) is 13.1 Å². The van der Waals surface area contributed by atoms with Crippen LogP contribution in [-0.4, -0.2) is 51.8 Å². The lowest BCUT2D eigenvalue weighted by molar-refractivity contribution is -0.151. The number of carboxylic acid groups (broad SMARTS) is 1. The molecule has 0 amide bonds. The first kappa shape index (κ1) is 23.0. The molecule has 0 bridgehead atoms. The summed E-state index contributed by atoms with van der Waals surface area (Å²) in [6.07, 6.45) is -1.31. The number of fused-ring (bicyclic) bond motifs is 1. The van der Waals surface area contributed by atoms with Gasteiger partial charge in [-0.1, -0.05) is 6.92 Å². The van der Waals surface area contributed by atoms with Crippen LogP contribution in [0.4, 0.5) is 19.0 Å². The number of pyridine rings is 1. The number of anilines is 1. The lowest BCUT2D eigenvalue weighted by Gasteiger charge is -2.33. The highest BCUT2D eigenvalue weighted by Crippen LogP contribution is 2.32. The van der Waals surface area contributed by atoms with Gasteiger partial charge in [0, 0.05) is 24.8 Å². The van der Waals surface area contributed by atoms with Gasteiger partial charge >= 0.3 is 12.1 Å². The lowest BCUT2D eigenvalue weighted by atomic mass is 9.97. The van der Waals surface area contributed by atoms with E-state index < -0.39 is 23.8 Å². The van der Waals surface area contributed by atoms with Gasteiger partial charge in [0.2, 0.25) is 0 Å². The molecule has 1 atom stereocenters. The van der Waals surface area contributed by atoms with Crippen LogP contribution in [-0.2, 0) is 15.7 Å². The Morgan fingerprint density at radius 1 is 1.27 bits per heavy atom. The molecule has 4 rings (SSSR count). The molecule has 1 aliphatic heterocycles. The van der Waals surface area contributed by atoms with E-state index in [4.69, 9.17) is 9.84 Å². The molecule has 1 aliphatic rings. The van der Waals surface area contributed by atoms with E-state index in [1.165, 1.54) is 6.07 Å². The number of hydrogen-bond acceptors (Lipinski definition) is 5. The number of rotatable bonds is 7. The number of benzene rings is 1. The third-order valence-corrected chi connectivity index (χ3v) is 5.95. The van der Waals surface area contributed by atoms with Crippen LogP contribution in [0, 0.1) is 5.92 Å². The van der Waals surface area contributed by atoms with Crippen LogP contribution in [0.5, 0.6) is 0 Å². The number of aromatic nitrogens is 3. The fourth-order valence-electron chi connectivity index (χ4n) is 3.98. The third kappa shape index (κ3) is 5.27. The maximum absolute atomic E-state index is 12.9. The summed E-state index contributed by atoms with van der Waals surface area (Å²) in [7, 11) is 0. The number of piperidine rings is 1. The summed E-state index contributed by atoms with van der Waals surface area (Å²) in [4.78, 5) is 25.1. The molecule has 1 unspecified atom stereocenters. The molecule has 33 heavy (non-hydrogen) atoms. The monoisotopic (exact) mass is 462 g/mol. The molecule has 1 fully saturated rings. The van der Waals surface area contributed by atoms with Crippen molar-refractivity contribution in [3.05, 3.63) is 42.1 Å². The Morgan fingerprint density at radius 3 is 2.64 bits per heavy atom. The van der Waals surface area contributed by atoms with Crippen molar-refractivity contribution in [2.45, 2.75) is 38.5 Å². The molecule has 0 saturated carbocycles. The summed E-state index contributed by atoms with van der Waals surface area (Å²) in [5.74, 6) is 0.657. The van der Waals surface area contributed by atoms with Crippen LogP contribution in [0.1, 0.15) is 31.7 Å². The van der Waals surface area contributed by atoms with E-state index in [1.807, 2.05) is 12.1 Å². The van der Waals surface area contributed by atoms with E-state index in [0.29, 0.717) is 35.9 Å². The first-order valence-electron chi connectivity index (χ1n) is 10.9. The Bertz CT molecular complexity index is 1110. The van der Waals surface area contributed by atoms with E-state index >= 15 is 0 Å². The van der Waals surface area contributed by atoms with Gasteiger partial charge in [0.1, 0.15) is 11.6 Å². The van der Waals surface area contributed by atoms with E-state index in [9.17, 15) is 18.0 Å². The van der Waals surface area contributed by atoms with Crippen LogP contribution in [0.3, 0.4) is 0 Å². The predicted molar refractivity (Wildman–Crippen MR) is 117 cm³/mol. The van der Waals surface area contributed by atoms with Crippen LogP contribution in [0.15, 0.2) is 36.5 Å². The minimum atomic E-state index is -4.41. The zero-order valence-corrected chi connectivity index (χ0v) is 18.1. The second-order valence-electron chi connectivity index (χ2n) is 8.22. The molecular formula is C23H25F3N4O3. The Hall–Kier alpha value is -3.14. The number of carbonyl (C=O) groups is 1. The van der Waals surface area contributed by atoms with Gasteiger partial charge in [0.15, 0.2) is 6.10 Å². The van der Waals surface area contributed by atoms with Crippen molar-refractivity contribution in [3.8, 4) is 11.4 Å². The summed E-state index contributed by atoms with van der Waals surface area (Å²) in [5, 5.41) is 9.09. The molecule has 3 aromatic rings. The second kappa shape index (κ2) is 9.38. The zero-order valence-electron chi connectivity index (χ0n) is 18.1. The van der Waals surface area contributed by atoms with E-state index in [0.717, 1.165) is 43.9 Å². The highest BCUT2D eigenvalue weighted by molar-refractivity contribution is 5.80. The van der Waals surface area contributed by atoms with E-state index in [-0.39, 0.29) is 5.52 Å². The number of nitrogens with zero attached hydrogens (tertiary/aromatic N) is 3. The van der Waals surface area contributed by atoms with Crippen molar-refractivity contribution in [1.29, 1.82) is 0 Å². The summed E-state index contributed by atoms with van der Waals surface area (Å²) in [5.41, 5.74) is 0.732. The fraction of sp³-hybridized carbons (Fsp3) is 0.435. The van der Waals surface area contributed by atoms with Crippen molar-refractivity contribution in [2.24, 2.45) is 5.92 Å². The maximum atomic E-state index is 12.9. The molecule has 7 nitrogen and oxygen atoms in total. The average molecular weight is 462 g/mol. The first-order valence-corrected chi connectivity index (χ1v) is 10.9. The SMILES string of the molecule is CCC(OCC1CCN(c2ccc(-c3nc4cc(C(F)(F)F)ccc4[nH]3)cn2)CC1)C(=O)O. The number of carboxylic acids is 1. The number of aromatic amines is 1. The summed E-state index contributed by atoms with van der Waals surface area (Å²) in [6.45, 7) is 3.80. The van der Waals surface area contributed by atoms with Crippen molar-refractivity contribution in [1.82, 2.24) is 15.0 Å². The number of halogens is 3. The number of imidazole rings is 1. The lowest BCUT2D eigenvalue weighted by Crippen LogP contribution is -2.36. The number of hydrogen-bond donors (Lipinski definition) is 2. The highest BCUT2D eigenvalue weighted by atomic mass is 19.4. The van der Waals surface area contributed by atoms with Gasteiger partial charge < -0.3 is 19.7 Å². The maximum Gasteiger partial charge on any atom is 0.416 e. The molecular weight excluding hydrogens is 437 g/mol. The third-order valence-electron chi connectivity index (χ3n) is 5.95. The Morgan fingerprint density at radius 2 is 2.03 bits per heavy atom. The van der Waals surface area contributed by atoms with Gasteiger partial charge in [0.25, 0.3) is 0 Å². The van der Waals surface area contributed by atoms with Gasteiger partial charge in [-0.25, -0.2) is 14.8 Å². The minimum Gasteiger partial charge on any atom is -0.479 e. The molecule has 1 saturated heterocycles. The summed E-state index contributed by atoms with van der Waals surface area (Å²) < 4.78 is 44.3. The molecule has 2 N–H and O–H groups in total. The van der Waals surface area contributed by atoms with Gasteiger partial charge in [-0.15, -0.1) is 0 Å². The first-order chi connectivity index (χ1) is 15.7. The van der Waals surface area contributed by atoms with Gasteiger partial charge in [-0.3, -0.25) is 0 Å². The normalized spacial score (nSPS) is 16.3. The van der Waals surface area contributed by atoms with Crippen LogP contribution < -0.4 is 4.90 Å². The number of nitrogens with one attached hydrogen (secondary N) is 1. The standard InChI is InChI=1S/C23H25F3N4O3/c1-2-19(22(31)32)33-13-14-7-9-30(10-8-14)20-6-3-15(12-27-20)21-28-17-5-4-16(23(24,25)26)11-18(17)29-21/h3-6,11-12,14,19H,2,7-10,13H2,1H3,(H,28,29)(H,31,32). The molecule has 0 radical (unpaired) electrons. The summed E-state index contributed by atoms with van der Waals surface area (Å²) >= 11 is 0. The smallest absolute Gasteiger partial charge is 0.416 e. The van der Waals surface area contributed by atoms with Crippen LogP contribution >= 0.6 is 0 Å². The van der Waals surface area contributed by atoms with Crippen molar-refractivity contribution in [2.75, 3.05) is 24.6 Å². The molecule has 176 valence electrons. The van der Waals surface area contributed by atoms with Crippen molar-refractivity contribution >= 4 is 22.8 Å². The minimum absolute atomic E-state index is 0.251. The number of ether oxygens (including phenoxy) is 1. The van der Waals surface area contributed by atoms with Gasteiger partial charge in [0.05, 0.1) is 23.2 Å². The Kier molecular flexibility index (Phi) is 6.55. The second-order valence-corrected chi connectivity index (χ2v) is 8.22. The van der Waals surface area contributed by atoms with E-state index in [2.05, 4.69) is 19.9 Å². The molecule has 0 spiro atoms. The largest absolute Gasteiger partial charge is 0.479 e.